The van der Waals surface area contributed by atoms with Crippen molar-refractivity contribution in [1.29, 1.82) is 0 Å². The molecule has 0 aliphatic heterocycles. The molecule has 0 aliphatic carbocycles. The number of hydrogen-bond acceptors (Lipinski definition) is 5. The summed E-state index contributed by atoms with van der Waals surface area (Å²) in [5.41, 5.74) is 2.21. The van der Waals surface area contributed by atoms with Gasteiger partial charge in [-0.05, 0) is 36.6 Å². The molecule has 3 aromatic heterocycles. The molecule has 3 heterocycles. The molecule has 0 saturated carbocycles. The van der Waals surface area contributed by atoms with E-state index < -0.39 is 0 Å². The molecule has 0 spiro atoms. The lowest BCUT2D eigenvalue weighted by Gasteiger charge is -2.10. The van der Waals surface area contributed by atoms with Crippen molar-refractivity contribution in [3.8, 4) is 5.82 Å². The van der Waals surface area contributed by atoms with E-state index in [1.54, 1.807) is 28.4 Å². The van der Waals surface area contributed by atoms with Crippen LogP contribution in [-0.2, 0) is 13.1 Å². The number of rotatable bonds is 7. The standard InChI is InChI=1S/C19H25N7S.HI/c1-4-20-19(23-12-18-25-16(13-27-18)14(2)3)22-11-15-6-8-21-17(10-15)26-9-5-7-24-26;/h5-10,13-14H,4,11-12H2,1-3H3,(H2,20,22,23);1H. The number of nitrogens with zero attached hydrogens (tertiary/aromatic N) is 5. The highest BCUT2D eigenvalue weighted by Crippen LogP contribution is 2.17. The summed E-state index contributed by atoms with van der Waals surface area (Å²) in [7, 11) is 0. The van der Waals surface area contributed by atoms with Gasteiger partial charge in [-0.15, -0.1) is 35.3 Å². The Bertz CT molecular complexity index is 874. The van der Waals surface area contributed by atoms with Gasteiger partial charge in [-0.25, -0.2) is 19.6 Å². The van der Waals surface area contributed by atoms with Gasteiger partial charge >= 0.3 is 0 Å². The molecule has 0 aromatic carbocycles. The molecular formula is C19H26IN7S. The average Bonchev–Trinajstić information content (AvgIpc) is 3.36. The lowest BCUT2D eigenvalue weighted by Crippen LogP contribution is -2.36. The number of hydrogen-bond donors (Lipinski definition) is 2. The third kappa shape index (κ3) is 6.26. The maximum absolute atomic E-state index is 4.68. The van der Waals surface area contributed by atoms with Crippen LogP contribution < -0.4 is 10.6 Å². The second-order valence-corrected chi connectivity index (χ2v) is 7.29. The first-order chi connectivity index (χ1) is 13.2. The van der Waals surface area contributed by atoms with Crippen molar-refractivity contribution in [2.75, 3.05) is 6.54 Å². The topological polar surface area (TPSA) is 80.0 Å². The molecule has 28 heavy (non-hydrogen) atoms. The van der Waals surface area contributed by atoms with Crippen LogP contribution in [0.15, 0.2) is 47.2 Å². The summed E-state index contributed by atoms with van der Waals surface area (Å²) in [6.07, 6.45) is 5.40. The molecular weight excluding hydrogens is 485 g/mol. The molecule has 0 amide bonds. The predicted octanol–water partition coefficient (Wildman–Crippen LogP) is 3.72. The number of thiazole rings is 1. The minimum Gasteiger partial charge on any atom is -0.357 e. The highest BCUT2D eigenvalue weighted by Gasteiger charge is 2.06. The Balaban J connectivity index is 0.00000280. The van der Waals surface area contributed by atoms with Gasteiger partial charge in [0.25, 0.3) is 0 Å². The minimum atomic E-state index is 0. The molecule has 9 heteroatoms. The van der Waals surface area contributed by atoms with Gasteiger partial charge in [0, 0.05) is 30.5 Å². The first-order valence-corrected chi connectivity index (χ1v) is 9.95. The Kier molecular flexibility index (Phi) is 8.84. The van der Waals surface area contributed by atoms with Gasteiger partial charge < -0.3 is 10.6 Å². The van der Waals surface area contributed by atoms with E-state index in [0.717, 1.165) is 34.6 Å². The smallest absolute Gasteiger partial charge is 0.191 e. The zero-order valence-electron chi connectivity index (χ0n) is 16.3. The normalized spacial score (nSPS) is 11.4. The van der Waals surface area contributed by atoms with Crippen LogP contribution in [0.1, 0.15) is 43.0 Å². The molecule has 0 radical (unpaired) electrons. The Labute approximate surface area is 186 Å². The summed E-state index contributed by atoms with van der Waals surface area (Å²) >= 11 is 1.68. The van der Waals surface area contributed by atoms with Crippen LogP contribution in [0.25, 0.3) is 5.82 Å². The van der Waals surface area contributed by atoms with Gasteiger partial charge in [-0.3, -0.25) is 0 Å². The summed E-state index contributed by atoms with van der Waals surface area (Å²) in [4.78, 5) is 13.7. The van der Waals surface area contributed by atoms with E-state index in [0.29, 0.717) is 19.0 Å². The molecule has 0 aliphatic rings. The summed E-state index contributed by atoms with van der Waals surface area (Å²) in [6, 6.07) is 5.84. The van der Waals surface area contributed by atoms with Gasteiger partial charge in [-0.2, -0.15) is 5.10 Å². The molecule has 0 bridgehead atoms. The van der Waals surface area contributed by atoms with Gasteiger partial charge in [0.1, 0.15) is 5.01 Å². The van der Waals surface area contributed by atoms with Gasteiger partial charge in [0.2, 0.25) is 0 Å². The Morgan fingerprint density at radius 1 is 1.29 bits per heavy atom. The predicted molar refractivity (Wildman–Crippen MR) is 125 cm³/mol. The fourth-order valence-corrected chi connectivity index (χ4v) is 3.33. The molecule has 0 unspecified atom stereocenters. The third-order valence-corrected chi connectivity index (χ3v) is 4.75. The Morgan fingerprint density at radius 2 is 2.14 bits per heavy atom. The fourth-order valence-electron chi connectivity index (χ4n) is 2.43. The average molecular weight is 511 g/mol. The van der Waals surface area contributed by atoms with Crippen molar-refractivity contribution in [3.63, 3.8) is 0 Å². The van der Waals surface area contributed by atoms with Crippen molar-refractivity contribution in [3.05, 3.63) is 58.4 Å². The molecule has 2 N–H and O–H groups in total. The molecule has 0 fully saturated rings. The van der Waals surface area contributed by atoms with Crippen molar-refractivity contribution in [2.24, 2.45) is 4.99 Å². The van der Waals surface area contributed by atoms with Crippen LogP contribution >= 0.6 is 35.3 Å². The number of aromatic nitrogens is 4. The summed E-state index contributed by atoms with van der Waals surface area (Å²) in [5, 5.41) is 14.0. The number of halogens is 1. The lowest BCUT2D eigenvalue weighted by molar-refractivity contribution is 0.787. The second kappa shape index (κ2) is 11.1. The van der Waals surface area contributed by atoms with Crippen LogP contribution in [0.2, 0.25) is 0 Å². The monoisotopic (exact) mass is 511 g/mol. The summed E-state index contributed by atoms with van der Waals surface area (Å²) in [5.74, 6) is 2.01. The highest BCUT2D eigenvalue weighted by molar-refractivity contribution is 14.0. The van der Waals surface area contributed by atoms with Crippen LogP contribution in [-0.4, -0.2) is 32.3 Å². The first kappa shape index (κ1) is 22.3. The van der Waals surface area contributed by atoms with Crippen molar-refractivity contribution >= 4 is 41.3 Å². The summed E-state index contributed by atoms with van der Waals surface area (Å²) in [6.45, 7) is 8.39. The van der Waals surface area contributed by atoms with Gasteiger partial charge in [0.05, 0.1) is 18.8 Å². The molecule has 0 atom stereocenters. The van der Waals surface area contributed by atoms with Crippen LogP contribution in [0.3, 0.4) is 0 Å². The molecule has 7 nitrogen and oxygen atoms in total. The van der Waals surface area contributed by atoms with Crippen molar-refractivity contribution < 1.29 is 0 Å². The Morgan fingerprint density at radius 3 is 2.82 bits per heavy atom. The van der Waals surface area contributed by atoms with Crippen LogP contribution in [0.4, 0.5) is 0 Å². The van der Waals surface area contributed by atoms with Crippen molar-refractivity contribution in [1.82, 2.24) is 30.4 Å². The second-order valence-electron chi connectivity index (χ2n) is 6.34. The first-order valence-electron chi connectivity index (χ1n) is 9.07. The van der Waals surface area contributed by atoms with Crippen LogP contribution in [0.5, 0.6) is 0 Å². The van der Waals surface area contributed by atoms with E-state index in [9.17, 15) is 0 Å². The van der Waals surface area contributed by atoms with Crippen LogP contribution in [0, 0.1) is 0 Å². The largest absolute Gasteiger partial charge is 0.357 e. The number of guanidine groups is 1. The third-order valence-electron chi connectivity index (χ3n) is 3.88. The molecule has 3 rings (SSSR count). The quantitative estimate of drug-likeness (QED) is 0.287. The van der Waals surface area contributed by atoms with E-state index in [2.05, 4.69) is 56.8 Å². The fraction of sp³-hybridized carbons (Fsp3) is 0.368. The Hall–Kier alpha value is -2.01. The highest BCUT2D eigenvalue weighted by atomic mass is 127. The maximum Gasteiger partial charge on any atom is 0.191 e. The SMILES string of the molecule is CCNC(=NCc1ccnc(-n2cccn2)c1)NCc1nc(C(C)C)cs1.I. The van der Waals surface area contributed by atoms with E-state index in [1.807, 2.05) is 24.4 Å². The van der Waals surface area contributed by atoms with E-state index in [4.69, 9.17) is 0 Å². The lowest BCUT2D eigenvalue weighted by atomic mass is 10.2. The van der Waals surface area contributed by atoms with E-state index in [1.165, 1.54) is 0 Å². The number of pyridine rings is 1. The zero-order valence-corrected chi connectivity index (χ0v) is 19.4. The van der Waals surface area contributed by atoms with Crippen molar-refractivity contribution in [2.45, 2.75) is 39.8 Å². The van der Waals surface area contributed by atoms with E-state index >= 15 is 0 Å². The molecule has 150 valence electrons. The molecule has 0 saturated heterocycles. The molecule has 3 aromatic rings. The summed E-state index contributed by atoms with van der Waals surface area (Å²) < 4.78 is 1.74. The maximum atomic E-state index is 4.68. The zero-order chi connectivity index (χ0) is 19.1. The number of aliphatic imine (C=N–C) groups is 1. The number of nitrogens with one attached hydrogen (secondary N) is 2. The minimum absolute atomic E-state index is 0. The van der Waals surface area contributed by atoms with Gasteiger partial charge in [-0.1, -0.05) is 13.8 Å². The van der Waals surface area contributed by atoms with Gasteiger partial charge in [0.15, 0.2) is 11.8 Å². The van der Waals surface area contributed by atoms with E-state index in [-0.39, 0.29) is 24.0 Å².